The molecule has 3 rings (SSSR count). The molecule has 7 nitrogen and oxygen atoms in total. The molecule has 2 aromatic carbocycles. The van der Waals surface area contributed by atoms with Crippen LogP contribution in [-0.4, -0.2) is 56.2 Å². The molecule has 1 aliphatic heterocycles. The first-order valence-corrected chi connectivity index (χ1v) is 11.5. The van der Waals surface area contributed by atoms with Crippen molar-refractivity contribution in [2.45, 2.75) is 10.9 Å². The minimum absolute atomic E-state index is 0.147. The SMILES string of the molecule is COc1ccc(NC(=O)C2CSCN2C(=O)c2ccc(S(C)(=O)=O)cc2)cc1. The van der Waals surface area contributed by atoms with Crippen LogP contribution in [0.4, 0.5) is 5.69 Å². The van der Waals surface area contributed by atoms with E-state index in [4.69, 9.17) is 4.74 Å². The van der Waals surface area contributed by atoms with Gasteiger partial charge in [-0.15, -0.1) is 11.8 Å². The topological polar surface area (TPSA) is 92.8 Å². The van der Waals surface area contributed by atoms with Crippen molar-refractivity contribution in [2.24, 2.45) is 0 Å². The number of methoxy groups -OCH3 is 1. The van der Waals surface area contributed by atoms with E-state index in [0.29, 0.717) is 28.6 Å². The number of benzene rings is 2. The van der Waals surface area contributed by atoms with E-state index >= 15 is 0 Å². The van der Waals surface area contributed by atoms with Gasteiger partial charge in [0.05, 0.1) is 17.9 Å². The highest BCUT2D eigenvalue weighted by Crippen LogP contribution is 2.25. The summed E-state index contributed by atoms with van der Waals surface area (Å²) in [7, 11) is -1.77. The Morgan fingerprint density at radius 1 is 1.11 bits per heavy atom. The molecule has 1 atom stereocenters. The summed E-state index contributed by atoms with van der Waals surface area (Å²) in [5, 5.41) is 2.82. The molecule has 1 N–H and O–H groups in total. The number of nitrogens with one attached hydrogen (secondary N) is 1. The maximum absolute atomic E-state index is 12.8. The van der Waals surface area contributed by atoms with Crippen molar-refractivity contribution in [3.63, 3.8) is 0 Å². The molecule has 1 heterocycles. The molecular weight excluding hydrogens is 400 g/mol. The van der Waals surface area contributed by atoms with Crippen LogP contribution in [0.25, 0.3) is 0 Å². The molecule has 0 bridgehead atoms. The second kappa shape index (κ2) is 8.24. The Labute approximate surface area is 168 Å². The van der Waals surface area contributed by atoms with Gasteiger partial charge in [0.15, 0.2) is 9.84 Å². The van der Waals surface area contributed by atoms with Crippen LogP contribution in [0.5, 0.6) is 5.75 Å². The molecule has 9 heteroatoms. The standard InChI is InChI=1S/C19H20N2O5S2/c1-26-15-7-5-14(6-8-15)20-18(22)17-11-27-12-21(17)19(23)13-3-9-16(10-4-13)28(2,24)25/h3-10,17H,11-12H2,1-2H3,(H,20,22). The van der Waals surface area contributed by atoms with Crippen LogP contribution in [0.3, 0.4) is 0 Å². The van der Waals surface area contributed by atoms with Crippen molar-refractivity contribution < 1.29 is 22.7 Å². The first kappa shape index (κ1) is 20.2. The second-order valence-corrected chi connectivity index (χ2v) is 9.32. The lowest BCUT2D eigenvalue weighted by molar-refractivity contribution is -0.119. The average Bonchev–Trinajstić information content (AvgIpc) is 3.17. The summed E-state index contributed by atoms with van der Waals surface area (Å²) in [6, 6.07) is 12.1. The number of anilines is 1. The highest BCUT2D eigenvalue weighted by atomic mass is 32.2. The van der Waals surface area contributed by atoms with Gasteiger partial charge in [0.1, 0.15) is 11.8 Å². The Kier molecular flexibility index (Phi) is 5.95. The number of carbonyl (C=O) groups is 2. The monoisotopic (exact) mass is 420 g/mol. The molecule has 28 heavy (non-hydrogen) atoms. The van der Waals surface area contributed by atoms with E-state index in [0.717, 1.165) is 6.26 Å². The van der Waals surface area contributed by atoms with Crippen LogP contribution >= 0.6 is 11.8 Å². The highest BCUT2D eigenvalue weighted by Gasteiger charge is 2.35. The first-order valence-electron chi connectivity index (χ1n) is 8.43. The van der Waals surface area contributed by atoms with E-state index in [1.54, 1.807) is 31.4 Å². The van der Waals surface area contributed by atoms with Crippen LogP contribution in [0, 0.1) is 0 Å². The number of hydrogen-bond acceptors (Lipinski definition) is 6. The summed E-state index contributed by atoms with van der Waals surface area (Å²) < 4.78 is 28.2. The minimum atomic E-state index is -3.33. The highest BCUT2D eigenvalue weighted by molar-refractivity contribution is 7.99. The molecule has 2 aromatic rings. The van der Waals surface area contributed by atoms with Crippen molar-refractivity contribution in [3.8, 4) is 5.75 Å². The van der Waals surface area contributed by atoms with E-state index in [-0.39, 0.29) is 16.7 Å². The molecule has 0 aliphatic carbocycles. The molecule has 1 unspecified atom stereocenters. The summed E-state index contributed by atoms with van der Waals surface area (Å²) in [5.74, 6) is 1.00. The Morgan fingerprint density at radius 2 is 1.75 bits per heavy atom. The fourth-order valence-electron chi connectivity index (χ4n) is 2.77. The van der Waals surface area contributed by atoms with Crippen molar-refractivity contribution >= 4 is 39.1 Å². The predicted octanol–water partition coefficient (Wildman–Crippen LogP) is 2.25. The molecule has 0 saturated carbocycles. The molecule has 1 saturated heterocycles. The number of carbonyl (C=O) groups excluding carboxylic acids is 2. The normalized spacial score (nSPS) is 16.6. The van der Waals surface area contributed by atoms with E-state index in [1.165, 1.54) is 40.9 Å². The van der Waals surface area contributed by atoms with Gasteiger partial charge in [-0.2, -0.15) is 0 Å². The number of sulfone groups is 1. The number of nitrogens with zero attached hydrogens (tertiary/aromatic N) is 1. The quantitative estimate of drug-likeness (QED) is 0.798. The van der Waals surface area contributed by atoms with Gasteiger partial charge < -0.3 is 15.0 Å². The maximum atomic E-state index is 12.8. The zero-order valence-electron chi connectivity index (χ0n) is 15.4. The summed E-state index contributed by atoms with van der Waals surface area (Å²) in [6.45, 7) is 0. The molecule has 0 radical (unpaired) electrons. The lowest BCUT2D eigenvalue weighted by Gasteiger charge is -2.23. The third-order valence-corrected chi connectivity index (χ3v) is 6.47. The fourth-order valence-corrected chi connectivity index (χ4v) is 4.55. The summed E-state index contributed by atoms with van der Waals surface area (Å²) in [5.41, 5.74) is 0.963. The van der Waals surface area contributed by atoms with Crippen LogP contribution in [0.2, 0.25) is 0 Å². The Morgan fingerprint density at radius 3 is 2.32 bits per heavy atom. The number of thioether (sulfide) groups is 1. The van der Waals surface area contributed by atoms with Crippen molar-refractivity contribution in [2.75, 3.05) is 30.3 Å². The first-order chi connectivity index (χ1) is 13.3. The molecular formula is C19H20N2O5S2. The van der Waals surface area contributed by atoms with E-state index in [1.807, 2.05) is 0 Å². The van der Waals surface area contributed by atoms with Gasteiger partial charge >= 0.3 is 0 Å². The second-order valence-electron chi connectivity index (χ2n) is 6.30. The van der Waals surface area contributed by atoms with Gasteiger partial charge in [0, 0.05) is 23.3 Å². The third-order valence-electron chi connectivity index (χ3n) is 4.33. The molecule has 1 fully saturated rings. The van der Waals surface area contributed by atoms with Gasteiger partial charge in [-0.1, -0.05) is 0 Å². The lowest BCUT2D eigenvalue weighted by atomic mass is 10.1. The Hall–Kier alpha value is -2.52. The smallest absolute Gasteiger partial charge is 0.255 e. The van der Waals surface area contributed by atoms with Gasteiger partial charge in [0.2, 0.25) is 5.91 Å². The number of rotatable bonds is 5. The van der Waals surface area contributed by atoms with Crippen LogP contribution in [-0.2, 0) is 14.6 Å². The van der Waals surface area contributed by atoms with Crippen molar-refractivity contribution in [1.82, 2.24) is 4.90 Å². The zero-order chi connectivity index (χ0) is 20.3. The van der Waals surface area contributed by atoms with Gasteiger partial charge in [-0.25, -0.2) is 8.42 Å². The van der Waals surface area contributed by atoms with Gasteiger partial charge in [0.25, 0.3) is 5.91 Å². The van der Waals surface area contributed by atoms with Crippen LogP contribution < -0.4 is 10.1 Å². The molecule has 1 aliphatic rings. The fraction of sp³-hybridized carbons (Fsp3) is 0.263. The molecule has 0 spiro atoms. The van der Waals surface area contributed by atoms with E-state index in [2.05, 4.69) is 5.32 Å². The summed E-state index contributed by atoms with van der Waals surface area (Å²) >= 11 is 1.49. The maximum Gasteiger partial charge on any atom is 0.255 e. The number of hydrogen-bond donors (Lipinski definition) is 1. The third kappa shape index (κ3) is 4.48. The Balaban J connectivity index is 1.72. The van der Waals surface area contributed by atoms with Crippen LogP contribution in [0.15, 0.2) is 53.4 Å². The summed E-state index contributed by atoms with van der Waals surface area (Å²) in [4.78, 5) is 27.1. The largest absolute Gasteiger partial charge is 0.497 e. The Bertz CT molecular complexity index is 972. The summed E-state index contributed by atoms with van der Waals surface area (Å²) in [6.07, 6.45) is 1.11. The van der Waals surface area contributed by atoms with Gasteiger partial charge in [-0.3, -0.25) is 9.59 Å². The average molecular weight is 421 g/mol. The molecule has 148 valence electrons. The van der Waals surface area contributed by atoms with Crippen molar-refractivity contribution in [1.29, 1.82) is 0 Å². The molecule has 2 amide bonds. The predicted molar refractivity (Wildman–Crippen MR) is 108 cm³/mol. The lowest BCUT2D eigenvalue weighted by Crippen LogP contribution is -2.44. The van der Waals surface area contributed by atoms with E-state index < -0.39 is 15.9 Å². The minimum Gasteiger partial charge on any atom is -0.497 e. The number of amides is 2. The van der Waals surface area contributed by atoms with Crippen LogP contribution in [0.1, 0.15) is 10.4 Å². The van der Waals surface area contributed by atoms with E-state index in [9.17, 15) is 18.0 Å². The zero-order valence-corrected chi connectivity index (χ0v) is 17.0. The van der Waals surface area contributed by atoms with Crippen molar-refractivity contribution in [3.05, 3.63) is 54.1 Å². The van der Waals surface area contributed by atoms with Gasteiger partial charge in [-0.05, 0) is 48.5 Å². The molecule has 0 aromatic heterocycles. The number of ether oxygens (including phenoxy) is 1.